The van der Waals surface area contributed by atoms with Gasteiger partial charge in [-0.05, 0) is 91.9 Å². The Labute approximate surface area is 511 Å². The molecule has 0 aliphatic rings. The summed E-state index contributed by atoms with van der Waals surface area (Å²) in [6, 6.07) is 14.1. The maximum atomic E-state index is 14.2. The second-order valence-electron chi connectivity index (χ2n) is 32.1. The Kier molecular flexibility index (Phi) is 22.8. The number of ketones is 4. The van der Waals surface area contributed by atoms with Crippen LogP contribution in [0.1, 0.15) is 278 Å². The Bertz CT molecular complexity index is 2470. The van der Waals surface area contributed by atoms with Crippen molar-refractivity contribution >= 4 is 23.1 Å². The Morgan fingerprint density at radius 2 is 0.400 bits per heavy atom. The zero-order valence-corrected chi connectivity index (χ0v) is 56.7. The van der Waals surface area contributed by atoms with Gasteiger partial charge in [-0.15, -0.1) is 0 Å². The van der Waals surface area contributed by atoms with Gasteiger partial charge in [-0.1, -0.05) is 166 Å². The molecule has 4 N–H and O–H groups in total. The molecule has 0 heterocycles. The fraction of sp³-hybridized carbons (Fsp3) is 0.616. The van der Waals surface area contributed by atoms with E-state index in [-0.39, 0.29) is 125 Å². The molecule has 0 saturated heterocycles. The van der Waals surface area contributed by atoms with Crippen molar-refractivity contribution < 1.29 is 58.6 Å². The lowest BCUT2D eigenvalue weighted by atomic mass is 9.78. The van der Waals surface area contributed by atoms with E-state index in [1.807, 2.05) is 166 Å². The lowest BCUT2D eigenvalue weighted by Gasteiger charge is -2.33. The molecule has 4 aromatic rings. The first-order chi connectivity index (χ1) is 38.5. The fourth-order valence-corrected chi connectivity index (χ4v) is 10.4. The van der Waals surface area contributed by atoms with Gasteiger partial charge in [-0.2, -0.15) is 0 Å². The van der Waals surface area contributed by atoms with E-state index >= 15 is 0 Å². The van der Waals surface area contributed by atoms with Gasteiger partial charge in [-0.3, -0.25) is 19.2 Å². The van der Waals surface area contributed by atoms with Gasteiger partial charge in [0.2, 0.25) is 0 Å². The number of phenolic OH excluding ortho intramolecular Hbond substituents is 4. The Balaban J connectivity index is 1.74. The van der Waals surface area contributed by atoms with Crippen molar-refractivity contribution in [1.29, 1.82) is 0 Å². The monoisotopic (exact) mass is 1180 g/mol. The average molecular weight is 1180 g/mol. The molecule has 0 atom stereocenters. The van der Waals surface area contributed by atoms with Gasteiger partial charge in [0.25, 0.3) is 0 Å². The first kappa shape index (κ1) is 72.1. The van der Waals surface area contributed by atoms with Crippen LogP contribution >= 0.6 is 0 Å². The zero-order valence-electron chi connectivity index (χ0n) is 56.7. The summed E-state index contributed by atoms with van der Waals surface area (Å²) in [6.45, 7) is 47.7. The van der Waals surface area contributed by atoms with Gasteiger partial charge in [0.1, 0.15) is 23.0 Å². The summed E-state index contributed by atoms with van der Waals surface area (Å²) in [5.74, 6) is 0.0226. The second kappa shape index (κ2) is 26.9. The van der Waals surface area contributed by atoms with Crippen molar-refractivity contribution in [3.63, 3.8) is 0 Å². The molecule has 0 fully saturated rings. The van der Waals surface area contributed by atoms with Gasteiger partial charge >= 0.3 is 0 Å². The number of phenols is 4. The van der Waals surface area contributed by atoms with Gasteiger partial charge in [0, 0.05) is 92.4 Å². The molecular weight excluding hydrogens is 1070 g/mol. The fourth-order valence-electron chi connectivity index (χ4n) is 10.4. The smallest absolute Gasteiger partial charge is 0.165 e. The number of carbonyl (C=O) groups is 4. The number of carbonyl (C=O) groups excluding carboxylic acids is 4. The number of hydrogen-bond acceptors (Lipinski definition) is 12. The van der Waals surface area contributed by atoms with Crippen molar-refractivity contribution in [3.8, 4) is 23.0 Å². The predicted octanol–water partition coefficient (Wildman–Crippen LogP) is 16.3. The predicted molar refractivity (Wildman–Crippen MR) is 344 cm³/mol. The summed E-state index contributed by atoms with van der Waals surface area (Å²) in [7, 11) is 0. The van der Waals surface area contributed by atoms with E-state index in [9.17, 15) is 39.6 Å². The van der Waals surface area contributed by atoms with E-state index < -0.39 is 48.7 Å². The van der Waals surface area contributed by atoms with Crippen LogP contribution in [-0.2, 0) is 62.3 Å². The van der Waals surface area contributed by atoms with E-state index in [1.54, 1.807) is 48.5 Å². The molecule has 0 spiro atoms. The highest BCUT2D eigenvalue weighted by Crippen LogP contribution is 2.44. The minimum atomic E-state index is -1.11. The van der Waals surface area contributed by atoms with E-state index in [0.717, 1.165) is 0 Å². The quantitative estimate of drug-likeness (QED) is 0.0385. The first-order valence-electron chi connectivity index (χ1n) is 30.5. The zero-order chi connectivity index (χ0) is 65.0. The first-order valence-corrected chi connectivity index (χ1v) is 30.5. The van der Waals surface area contributed by atoms with E-state index in [1.165, 1.54) is 0 Å². The van der Waals surface area contributed by atoms with Crippen LogP contribution in [0.15, 0.2) is 48.5 Å². The van der Waals surface area contributed by atoms with Gasteiger partial charge in [0.05, 0.1) is 58.3 Å². The lowest BCUT2D eigenvalue weighted by molar-refractivity contribution is -0.105. The number of aromatic hydroxyl groups is 4. The molecule has 85 heavy (non-hydrogen) atoms. The largest absolute Gasteiger partial charge is 0.507 e. The maximum absolute atomic E-state index is 14.2. The molecule has 472 valence electrons. The summed E-state index contributed by atoms with van der Waals surface area (Å²) < 4.78 is 25.9. The minimum Gasteiger partial charge on any atom is -0.507 e. The molecule has 0 aliphatic carbocycles. The minimum absolute atomic E-state index is 0.000160. The third-order valence-corrected chi connectivity index (χ3v) is 15.7. The van der Waals surface area contributed by atoms with Crippen molar-refractivity contribution in [2.24, 2.45) is 5.41 Å². The SMILES string of the molecule is CC(C)(C)c1cc(C(=O)CCOCC(COCCC(=O)c2cc(C(C)(C)C)c(O)c(C(C)(C)C)c2)(COCCC(=O)c2cc(C(C)(C)C)c(O)c(C(C)(C)C)c2)COCCC(=O)c2cc(C(C)(C)C)c(O)c(C(C)(C)C)c2)cc(C(C)(C)C)c1O. The molecule has 12 heteroatoms. The summed E-state index contributed by atoms with van der Waals surface area (Å²) in [6.07, 6.45) is 0.0290. The molecular formula is C73H108O12. The molecule has 0 saturated carbocycles. The molecule has 4 rings (SSSR count). The molecule has 4 aromatic carbocycles. The van der Waals surface area contributed by atoms with Gasteiger partial charge < -0.3 is 39.4 Å². The highest BCUT2D eigenvalue weighted by molar-refractivity contribution is 5.99. The van der Waals surface area contributed by atoms with Crippen LogP contribution in [-0.4, -0.2) is 96.4 Å². The van der Waals surface area contributed by atoms with Crippen LogP contribution in [0.25, 0.3) is 0 Å². The summed E-state index contributed by atoms with van der Waals surface area (Å²) in [4.78, 5) is 56.6. The molecule has 0 radical (unpaired) electrons. The van der Waals surface area contributed by atoms with Crippen LogP contribution < -0.4 is 0 Å². The number of benzene rings is 4. The van der Waals surface area contributed by atoms with Crippen molar-refractivity contribution in [1.82, 2.24) is 0 Å². The third-order valence-electron chi connectivity index (χ3n) is 15.7. The highest BCUT2D eigenvalue weighted by Gasteiger charge is 2.36. The lowest BCUT2D eigenvalue weighted by Crippen LogP contribution is -2.42. The normalized spacial score (nSPS) is 13.4. The topological polar surface area (TPSA) is 186 Å². The number of rotatable bonds is 24. The Hall–Kier alpha value is -5.40. The van der Waals surface area contributed by atoms with E-state index in [0.29, 0.717) is 66.8 Å². The summed E-state index contributed by atoms with van der Waals surface area (Å²) in [5, 5.41) is 45.7. The van der Waals surface area contributed by atoms with Crippen LogP contribution in [0.5, 0.6) is 23.0 Å². The number of hydrogen-bond donors (Lipinski definition) is 4. The Morgan fingerprint density at radius 1 is 0.271 bits per heavy atom. The van der Waals surface area contributed by atoms with Crippen LogP contribution in [0.2, 0.25) is 0 Å². The molecule has 0 aromatic heterocycles. The highest BCUT2D eigenvalue weighted by atomic mass is 16.5. The molecule has 0 bridgehead atoms. The van der Waals surface area contributed by atoms with Gasteiger partial charge in [0.15, 0.2) is 23.1 Å². The summed E-state index contributed by atoms with van der Waals surface area (Å²) >= 11 is 0. The second-order valence-corrected chi connectivity index (χ2v) is 32.1. The Morgan fingerprint density at radius 3 is 0.518 bits per heavy atom. The maximum Gasteiger partial charge on any atom is 0.165 e. The van der Waals surface area contributed by atoms with E-state index in [4.69, 9.17) is 18.9 Å². The van der Waals surface area contributed by atoms with Crippen LogP contribution in [0.3, 0.4) is 0 Å². The summed E-state index contributed by atoms with van der Waals surface area (Å²) in [5.41, 5.74) is 2.51. The molecule has 0 unspecified atom stereocenters. The average Bonchev–Trinajstić information content (AvgIpc) is 3.41. The standard InChI is InChI=1S/C73H108O12/c1-65(2,3)49-33-45(34-50(61(49)78)66(4,5)6)57(74)25-29-82-41-73(42-83-30-26-58(75)46-35-51(67(7,8)9)62(79)52(36-46)68(10,11)12,43-84-31-27-59(76)47-37-53(69(13,14)15)63(80)54(38-47)70(16,17)18)44-85-32-28-60(77)48-39-55(71(19,20)21)64(81)56(40-48)72(22,23)24/h33-40,78-81H,25-32,41-44H2,1-24H3. The van der Waals surface area contributed by atoms with Gasteiger partial charge in [-0.25, -0.2) is 0 Å². The van der Waals surface area contributed by atoms with Crippen molar-refractivity contribution in [2.75, 3.05) is 52.9 Å². The number of ether oxygens (including phenoxy) is 4. The van der Waals surface area contributed by atoms with Crippen LogP contribution in [0.4, 0.5) is 0 Å². The molecule has 12 nitrogen and oxygen atoms in total. The van der Waals surface area contributed by atoms with Crippen LogP contribution in [0, 0.1) is 5.41 Å². The third kappa shape index (κ3) is 19.3. The van der Waals surface area contributed by atoms with Crippen molar-refractivity contribution in [2.45, 2.75) is 235 Å². The number of Topliss-reactive ketones (excluding diaryl/α,β-unsaturated/α-hetero) is 4. The molecule has 0 amide bonds. The van der Waals surface area contributed by atoms with E-state index in [2.05, 4.69) is 0 Å². The van der Waals surface area contributed by atoms with Crippen molar-refractivity contribution in [3.05, 3.63) is 115 Å². The molecule has 0 aliphatic heterocycles.